The van der Waals surface area contributed by atoms with Crippen LogP contribution in [0.15, 0.2) is 21.9 Å². The van der Waals surface area contributed by atoms with E-state index in [-0.39, 0.29) is 44.9 Å². The van der Waals surface area contributed by atoms with E-state index in [2.05, 4.69) is 24.0 Å². The minimum absolute atomic E-state index is 0.0143. The second-order valence-electron chi connectivity index (χ2n) is 13.7. The number of ether oxygens (including phenoxy) is 1. The van der Waals surface area contributed by atoms with Gasteiger partial charge in [-0.15, -0.1) is 0 Å². The van der Waals surface area contributed by atoms with Crippen LogP contribution in [0.5, 0.6) is 0 Å². The molecule has 1 fully saturated rings. The van der Waals surface area contributed by atoms with E-state index in [1.54, 1.807) is 0 Å². The van der Waals surface area contributed by atoms with Crippen molar-refractivity contribution in [1.82, 2.24) is 20.2 Å². The molecule has 1 aliphatic heterocycles. The van der Waals surface area contributed by atoms with Crippen LogP contribution in [-0.2, 0) is 55.8 Å². The number of carbonyl (C=O) groups excluding carboxylic acids is 2. The quantitative estimate of drug-likeness (QED) is 0.0319. The topological polar surface area (TPSA) is 440 Å². The molecule has 0 spiro atoms. The van der Waals surface area contributed by atoms with Crippen LogP contribution in [0.1, 0.15) is 64.5 Å². The number of nitrogens with two attached hydrogens (primary N) is 1. The maximum absolute atomic E-state index is 12.7. The molecule has 0 bridgehead atoms. The Hall–Kier alpha value is -3.68. The number of carboxylic acid groups (broad SMARTS) is 3. The van der Waals surface area contributed by atoms with E-state index in [0.717, 1.165) is 16.8 Å². The van der Waals surface area contributed by atoms with Crippen molar-refractivity contribution in [1.29, 1.82) is 0 Å². The Morgan fingerprint density at radius 3 is 2.13 bits per heavy atom. The Morgan fingerprint density at radius 2 is 1.53 bits per heavy atom. The van der Waals surface area contributed by atoms with E-state index in [1.165, 1.54) is 6.92 Å². The van der Waals surface area contributed by atoms with Gasteiger partial charge < -0.3 is 61.3 Å². The van der Waals surface area contributed by atoms with Gasteiger partial charge in [-0.3, -0.25) is 47.1 Å². The fraction of sp³-hybridized carbons (Fsp3) is 0.700. The third kappa shape index (κ3) is 18.1. The van der Waals surface area contributed by atoms with Crippen LogP contribution in [0.2, 0.25) is 0 Å². The standard InChI is InChI=1S/C30H50N5O22P3/c1-16(25(40)33-19(29(45)46)10-13-58(48,49)15-17(27(41)42)6-5-7-18(31)28(43)44)32-21(36)8-3-2-4-12-54-59(50,51)57-60(52,53)55-14-20-23(38)24(39)26(56-20)35-11-9-22(37)34-30(35)47/h9,11,16-20,23-24,26,38-39H,2-8,10,12-15,31H2,1H3,(H,32,36)(H,33,40)(H,41,42)(H,43,44)(H,45,46)(H,48,49)(H,50,51)(H,52,53)(H,34,37,47)/t16-,17?,18?,19?,20?,23?,24?,26?/m0/s1. The van der Waals surface area contributed by atoms with Crippen molar-refractivity contribution in [3.05, 3.63) is 33.1 Å². The zero-order valence-electron chi connectivity index (χ0n) is 31.9. The zero-order chi connectivity index (χ0) is 45.6. The van der Waals surface area contributed by atoms with Gasteiger partial charge in [0, 0.05) is 31.0 Å². The molecule has 0 saturated carbocycles. The number of aliphatic hydroxyl groups is 2. The molecule has 1 aliphatic rings. The van der Waals surface area contributed by atoms with Crippen molar-refractivity contribution in [2.75, 3.05) is 25.5 Å². The summed E-state index contributed by atoms with van der Waals surface area (Å²) in [5, 5.41) is 52.8. The number of hydrogen-bond acceptors (Lipinski definition) is 17. The van der Waals surface area contributed by atoms with Crippen LogP contribution >= 0.6 is 23.0 Å². The number of aliphatic hydroxyl groups excluding tert-OH is 2. The molecule has 0 radical (unpaired) electrons. The highest BCUT2D eigenvalue weighted by Crippen LogP contribution is 2.60. The number of rotatable bonds is 28. The molecule has 27 nitrogen and oxygen atoms in total. The smallest absolute Gasteiger partial charge is 0.481 e. The summed E-state index contributed by atoms with van der Waals surface area (Å²) in [6.45, 7) is -0.270. The second kappa shape index (κ2) is 23.5. The summed E-state index contributed by atoms with van der Waals surface area (Å²) in [5.41, 5.74) is 3.63. The van der Waals surface area contributed by atoms with Crippen molar-refractivity contribution in [3.63, 3.8) is 0 Å². The van der Waals surface area contributed by atoms with Crippen molar-refractivity contribution >= 4 is 52.7 Å². The molecule has 11 atom stereocenters. The van der Waals surface area contributed by atoms with Gasteiger partial charge in [0.2, 0.25) is 19.2 Å². The highest BCUT2D eigenvalue weighted by atomic mass is 31.3. The molecule has 30 heteroatoms. The summed E-state index contributed by atoms with van der Waals surface area (Å²) in [6.07, 6.45) is -7.72. The number of hydrogen-bond donors (Lipinski definition) is 12. The molecule has 13 N–H and O–H groups in total. The van der Waals surface area contributed by atoms with Crippen LogP contribution < -0.4 is 27.6 Å². The molecule has 1 saturated heterocycles. The maximum atomic E-state index is 12.7. The maximum Gasteiger partial charge on any atom is 0.481 e. The van der Waals surface area contributed by atoms with Crippen molar-refractivity contribution < 1.29 is 96.0 Å². The number of aromatic nitrogens is 2. The molecule has 0 aromatic carbocycles. The lowest BCUT2D eigenvalue weighted by atomic mass is 10.0. The highest BCUT2D eigenvalue weighted by molar-refractivity contribution is 7.61. The molecule has 0 aliphatic carbocycles. The predicted molar refractivity (Wildman–Crippen MR) is 200 cm³/mol. The van der Waals surface area contributed by atoms with E-state index in [1.807, 2.05) is 4.98 Å². The molecular weight excluding hydrogens is 875 g/mol. The molecule has 60 heavy (non-hydrogen) atoms. The molecule has 2 heterocycles. The number of phosphoric acid groups is 2. The van der Waals surface area contributed by atoms with E-state index < -0.39 is 145 Å². The van der Waals surface area contributed by atoms with E-state index in [4.69, 9.17) is 15.6 Å². The molecule has 342 valence electrons. The minimum Gasteiger partial charge on any atom is -0.481 e. The number of unbranched alkanes of at least 4 members (excludes halogenated alkanes) is 2. The van der Waals surface area contributed by atoms with Gasteiger partial charge in [-0.05, 0) is 39.0 Å². The number of amides is 2. The Kier molecular flexibility index (Phi) is 20.6. The average molecular weight is 926 g/mol. The number of nitrogens with zero attached hydrogens (tertiary/aromatic N) is 1. The van der Waals surface area contributed by atoms with E-state index in [9.17, 15) is 82.4 Å². The van der Waals surface area contributed by atoms with Gasteiger partial charge in [0.25, 0.3) is 5.56 Å². The van der Waals surface area contributed by atoms with Gasteiger partial charge >= 0.3 is 39.2 Å². The summed E-state index contributed by atoms with van der Waals surface area (Å²) in [7, 11) is -14.9. The number of aliphatic carboxylic acids is 3. The number of carbonyl (C=O) groups is 5. The Balaban J connectivity index is 1.72. The van der Waals surface area contributed by atoms with Crippen LogP contribution in [-0.4, -0.2) is 141 Å². The normalized spacial score (nSPS) is 22.9. The Morgan fingerprint density at radius 1 is 0.883 bits per heavy atom. The average Bonchev–Trinajstić information content (AvgIpc) is 3.41. The fourth-order valence-corrected chi connectivity index (χ4v) is 9.50. The Labute approximate surface area is 339 Å². The first kappa shape index (κ1) is 52.5. The largest absolute Gasteiger partial charge is 0.481 e. The van der Waals surface area contributed by atoms with Gasteiger partial charge in [-0.25, -0.2) is 18.7 Å². The molecule has 1 aromatic heterocycles. The third-order valence-corrected chi connectivity index (χ3v) is 13.4. The number of nitrogens with one attached hydrogen (secondary N) is 3. The molecular formula is C30H50N5O22P3. The summed E-state index contributed by atoms with van der Waals surface area (Å²) in [6, 6.07) is -3.28. The fourth-order valence-electron chi connectivity index (χ4n) is 5.51. The van der Waals surface area contributed by atoms with Crippen LogP contribution in [0, 0.1) is 5.92 Å². The second-order valence-corrected chi connectivity index (χ2v) is 19.2. The SMILES string of the molecule is C[C@H](NC(=O)CCCCCOP(=O)(O)OP(=O)(O)OCC1OC(n2ccc(=O)[nH]c2=O)C(O)C1O)C(=O)NC(CCP(=O)(O)CC(CCCC(N)C(=O)O)C(=O)O)C(=O)O. The highest BCUT2D eigenvalue weighted by Gasteiger charge is 2.46. The zero-order valence-corrected chi connectivity index (χ0v) is 34.6. The molecule has 2 amide bonds. The van der Waals surface area contributed by atoms with Crippen LogP contribution in [0.3, 0.4) is 0 Å². The molecule has 10 unspecified atom stereocenters. The number of phosphoric ester groups is 2. The van der Waals surface area contributed by atoms with Crippen molar-refractivity contribution in [3.8, 4) is 0 Å². The monoisotopic (exact) mass is 925 g/mol. The number of aromatic amines is 1. The first-order chi connectivity index (χ1) is 27.7. The number of carboxylic acids is 3. The van der Waals surface area contributed by atoms with Crippen molar-refractivity contribution in [2.45, 2.75) is 101 Å². The van der Waals surface area contributed by atoms with Gasteiger partial charge in [0.15, 0.2) is 6.23 Å². The molecule has 1 aromatic rings. The van der Waals surface area contributed by atoms with Gasteiger partial charge in [0.1, 0.15) is 36.4 Å². The van der Waals surface area contributed by atoms with E-state index >= 15 is 0 Å². The minimum atomic E-state index is -5.37. The lowest BCUT2D eigenvalue weighted by Crippen LogP contribution is -2.50. The Bertz CT molecular complexity index is 1930. The van der Waals surface area contributed by atoms with Gasteiger partial charge in [-0.1, -0.05) is 12.8 Å². The van der Waals surface area contributed by atoms with Crippen LogP contribution in [0.4, 0.5) is 0 Å². The number of H-pyrrole nitrogens is 1. The predicted octanol–water partition coefficient (Wildman–Crippen LogP) is -2.02. The summed E-state index contributed by atoms with van der Waals surface area (Å²) in [4.78, 5) is 115. The summed E-state index contributed by atoms with van der Waals surface area (Å²) in [5.74, 6) is -7.26. The van der Waals surface area contributed by atoms with Crippen molar-refractivity contribution in [2.24, 2.45) is 11.7 Å². The van der Waals surface area contributed by atoms with Gasteiger partial charge in [0.05, 0.1) is 19.1 Å². The van der Waals surface area contributed by atoms with Crippen LogP contribution in [0.25, 0.3) is 0 Å². The molecule has 2 rings (SSSR count). The van der Waals surface area contributed by atoms with Gasteiger partial charge in [-0.2, -0.15) is 4.31 Å². The lowest BCUT2D eigenvalue weighted by Gasteiger charge is -2.21. The summed E-state index contributed by atoms with van der Waals surface area (Å²) < 4.78 is 56.7. The third-order valence-electron chi connectivity index (χ3n) is 8.77. The first-order valence-corrected chi connectivity index (χ1v) is 23.1. The first-order valence-electron chi connectivity index (χ1n) is 18.1. The summed E-state index contributed by atoms with van der Waals surface area (Å²) >= 11 is 0. The lowest BCUT2D eigenvalue weighted by molar-refractivity contribution is -0.142. The van der Waals surface area contributed by atoms with E-state index in [0.29, 0.717) is 0 Å².